The molecule has 0 spiro atoms. The van der Waals surface area contributed by atoms with E-state index in [1.54, 1.807) is 42.7 Å². The van der Waals surface area contributed by atoms with Gasteiger partial charge in [-0.05, 0) is 36.2 Å². The molecule has 144 valence electrons. The van der Waals surface area contributed by atoms with Crippen molar-refractivity contribution in [3.8, 4) is 11.5 Å². The quantitative estimate of drug-likeness (QED) is 0.735. The summed E-state index contributed by atoms with van der Waals surface area (Å²) in [6, 6.07) is 7.44. The van der Waals surface area contributed by atoms with E-state index in [9.17, 15) is 14.4 Å². The van der Waals surface area contributed by atoms with Crippen LogP contribution in [0, 0.1) is 0 Å². The standard InChI is InChI=1S/C19H18N4O5/c24-17(21-13-5-7-20-8-6-13)4-2-14-18(25)23(19(26)22-14)10-12-1-3-15-16(9-12)28-11-27-15/h1,3,5-9,14H,2,4,10-11H2,(H,22,26)(H,20,21,24)/t14-/m1/s1. The number of imide groups is 1. The van der Waals surface area contributed by atoms with Crippen molar-refractivity contribution in [3.05, 3.63) is 48.3 Å². The van der Waals surface area contributed by atoms with Crippen LogP contribution in [0.5, 0.6) is 11.5 Å². The van der Waals surface area contributed by atoms with E-state index in [0.717, 1.165) is 10.5 Å². The van der Waals surface area contributed by atoms with Crippen molar-refractivity contribution in [3.63, 3.8) is 0 Å². The topological polar surface area (TPSA) is 110 Å². The zero-order valence-electron chi connectivity index (χ0n) is 14.9. The first-order chi connectivity index (χ1) is 13.6. The minimum atomic E-state index is -0.718. The summed E-state index contributed by atoms with van der Waals surface area (Å²) >= 11 is 0. The third-order valence-electron chi connectivity index (χ3n) is 4.51. The molecule has 2 aliphatic heterocycles. The summed E-state index contributed by atoms with van der Waals surface area (Å²) in [5, 5.41) is 5.36. The van der Waals surface area contributed by atoms with Crippen molar-refractivity contribution >= 4 is 23.5 Å². The second-order valence-corrected chi connectivity index (χ2v) is 6.44. The van der Waals surface area contributed by atoms with E-state index in [1.807, 2.05) is 0 Å². The number of pyridine rings is 1. The van der Waals surface area contributed by atoms with E-state index in [1.165, 1.54) is 0 Å². The minimum Gasteiger partial charge on any atom is -0.454 e. The smallest absolute Gasteiger partial charge is 0.325 e. The molecular weight excluding hydrogens is 364 g/mol. The van der Waals surface area contributed by atoms with Crippen LogP contribution in [0.4, 0.5) is 10.5 Å². The number of aromatic nitrogens is 1. The molecule has 9 nitrogen and oxygen atoms in total. The Kier molecular flexibility index (Phi) is 4.79. The van der Waals surface area contributed by atoms with Gasteiger partial charge in [0.2, 0.25) is 12.7 Å². The second-order valence-electron chi connectivity index (χ2n) is 6.44. The first-order valence-electron chi connectivity index (χ1n) is 8.80. The highest BCUT2D eigenvalue weighted by atomic mass is 16.7. The van der Waals surface area contributed by atoms with E-state index in [2.05, 4.69) is 15.6 Å². The Labute approximate surface area is 160 Å². The molecule has 1 aromatic heterocycles. The van der Waals surface area contributed by atoms with Crippen LogP contribution in [0.2, 0.25) is 0 Å². The van der Waals surface area contributed by atoms with Crippen LogP contribution in [0.3, 0.4) is 0 Å². The fraction of sp³-hybridized carbons (Fsp3) is 0.263. The van der Waals surface area contributed by atoms with Gasteiger partial charge in [-0.25, -0.2) is 4.79 Å². The fourth-order valence-electron chi connectivity index (χ4n) is 3.08. The lowest BCUT2D eigenvalue weighted by Crippen LogP contribution is -2.31. The Balaban J connectivity index is 1.33. The van der Waals surface area contributed by atoms with Crippen molar-refractivity contribution in [2.45, 2.75) is 25.4 Å². The summed E-state index contributed by atoms with van der Waals surface area (Å²) < 4.78 is 10.6. The number of ether oxygens (including phenoxy) is 2. The Morgan fingerprint density at radius 1 is 1.18 bits per heavy atom. The van der Waals surface area contributed by atoms with Crippen LogP contribution in [0.25, 0.3) is 0 Å². The molecule has 1 saturated heterocycles. The van der Waals surface area contributed by atoms with Crippen LogP contribution < -0.4 is 20.1 Å². The van der Waals surface area contributed by atoms with Crippen molar-refractivity contribution in [1.82, 2.24) is 15.2 Å². The average Bonchev–Trinajstić information content (AvgIpc) is 3.26. The Morgan fingerprint density at radius 2 is 1.96 bits per heavy atom. The lowest BCUT2D eigenvalue weighted by molar-refractivity contribution is -0.128. The number of benzene rings is 1. The number of nitrogens with zero attached hydrogens (tertiary/aromatic N) is 2. The van der Waals surface area contributed by atoms with Crippen molar-refractivity contribution in [1.29, 1.82) is 0 Å². The maximum Gasteiger partial charge on any atom is 0.325 e. The Hall–Kier alpha value is -3.62. The molecule has 4 rings (SSSR count). The lowest BCUT2D eigenvalue weighted by atomic mass is 10.1. The van der Waals surface area contributed by atoms with Crippen LogP contribution >= 0.6 is 0 Å². The molecule has 3 heterocycles. The third kappa shape index (κ3) is 3.73. The summed E-state index contributed by atoms with van der Waals surface area (Å²) in [4.78, 5) is 41.8. The molecule has 0 radical (unpaired) electrons. The number of urea groups is 1. The summed E-state index contributed by atoms with van der Waals surface area (Å²) in [6.45, 7) is 0.284. The van der Waals surface area contributed by atoms with Gasteiger partial charge in [-0.1, -0.05) is 6.07 Å². The Bertz CT molecular complexity index is 918. The molecule has 2 aromatic rings. The molecule has 2 N–H and O–H groups in total. The summed E-state index contributed by atoms with van der Waals surface area (Å²) in [6.07, 6.45) is 3.48. The van der Waals surface area contributed by atoms with Crippen LogP contribution in [-0.4, -0.2) is 40.6 Å². The van der Waals surface area contributed by atoms with Crippen molar-refractivity contribution < 1.29 is 23.9 Å². The monoisotopic (exact) mass is 382 g/mol. The van der Waals surface area contributed by atoms with Crippen molar-refractivity contribution in [2.24, 2.45) is 0 Å². The summed E-state index contributed by atoms with van der Waals surface area (Å²) in [7, 11) is 0. The van der Waals surface area contributed by atoms with Gasteiger partial charge < -0.3 is 20.1 Å². The number of amides is 4. The summed E-state index contributed by atoms with van der Waals surface area (Å²) in [5.74, 6) is 0.648. The molecule has 0 bridgehead atoms. The zero-order valence-corrected chi connectivity index (χ0v) is 14.9. The minimum absolute atomic E-state index is 0.108. The van der Waals surface area contributed by atoms with Gasteiger partial charge in [-0.2, -0.15) is 0 Å². The highest BCUT2D eigenvalue weighted by Crippen LogP contribution is 2.33. The number of fused-ring (bicyclic) bond motifs is 1. The first-order valence-corrected chi connectivity index (χ1v) is 8.80. The highest BCUT2D eigenvalue weighted by molar-refractivity contribution is 6.04. The molecule has 0 saturated carbocycles. The fourth-order valence-corrected chi connectivity index (χ4v) is 3.08. The van der Waals surface area contributed by atoms with Crippen LogP contribution in [0.15, 0.2) is 42.7 Å². The van der Waals surface area contributed by atoms with Crippen molar-refractivity contribution in [2.75, 3.05) is 12.1 Å². The second kappa shape index (κ2) is 7.55. The molecule has 1 aromatic carbocycles. The third-order valence-corrected chi connectivity index (χ3v) is 4.51. The van der Waals surface area contributed by atoms with E-state index < -0.39 is 12.1 Å². The summed E-state index contributed by atoms with van der Waals surface area (Å²) in [5.41, 5.74) is 1.38. The van der Waals surface area contributed by atoms with Crippen LogP contribution in [-0.2, 0) is 16.1 Å². The number of hydrogen-bond donors (Lipinski definition) is 2. The molecule has 1 fully saturated rings. The first kappa shape index (κ1) is 17.8. The number of nitrogens with one attached hydrogen (secondary N) is 2. The Morgan fingerprint density at radius 3 is 2.79 bits per heavy atom. The molecule has 28 heavy (non-hydrogen) atoms. The van der Waals surface area contributed by atoms with Gasteiger partial charge in [-0.3, -0.25) is 19.5 Å². The molecule has 2 aliphatic rings. The maximum atomic E-state index is 12.6. The van der Waals surface area contributed by atoms with Crippen LogP contribution in [0.1, 0.15) is 18.4 Å². The van der Waals surface area contributed by atoms with E-state index in [4.69, 9.17) is 9.47 Å². The van der Waals surface area contributed by atoms with Gasteiger partial charge in [0.15, 0.2) is 11.5 Å². The van der Waals surface area contributed by atoms with Gasteiger partial charge in [0, 0.05) is 24.5 Å². The number of rotatable bonds is 6. The molecule has 1 atom stereocenters. The number of carbonyl (C=O) groups is 3. The molecule has 0 unspecified atom stereocenters. The van der Waals surface area contributed by atoms with Gasteiger partial charge in [0.1, 0.15) is 6.04 Å². The van der Waals surface area contributed by atoms with Gasteiger partial charge in [0.05, 0.1) is 6.54 Å². The number of anilines is 1. The largest absolute Gasteiger partial charge is 0.454 e. The average molecular weight is 382 g/mol. The van der Waals surface area contributed by atoms with Gasteiger partial charge in [-0.15, -0.1) is 0 Å². The molecule has 9 heteroatoms. The number of carbonyl (C=O) groups excluding carboxylic acids is 3. The van der Waals surface area contributed by atoms with E-state index in [-0.39, 0.29) is 38.0 Å². The van der Waals surface area contributed by atoms with E-state index in [0.29, 0.717) is 17.2 Å². The normalized spacial score (nSPS) is 17.6. The predicted octanol–water partition coefficient (Wildman–Crippen LogP) is 1.65. The molecular formula is C19H18N4O5. The van der Waals surface area contributed by atoms with E-state index >= 15 is 0 Å². The SMILES string of the molecule is O=C(CC[C@H]1NC(=O)N(Cc2ccc3c(c2)OCO3)C1=O)Nc1ccncc1. The van der Waals surface area contributed by atoms with Gasteiger partial charge >= 0.3 is 6.03 Å². The van der Waals surface area contributed by atoms with Gasteiger partial charge in [0.25, 0.3) is 5.91 Å². The maximum absolute atomic E-state index is 12.6. The molecule has 0 aliphatic carbocycles. The number of hydrogen-bond acceptors (Lipinski definition) is 6. The highest BCUT2D eigenvalue weighted by Gasteiger charge is 2.38. The lowest BCUT2D eigenvalue weighted by Gasteiger charge is -2.13. The molecule has 4 amide bonds. The zero-order chi connectivity index (χ0) is 19.5. The predicted molar refractivity (Wildman–Crippen MR) is 97.5 cm³/mol.